The van der Waals surface area contributed by atoms with Gasteiger partial charge in [-0.15, -0.1) is 0 Å². The zero-order chi connectivity index (χ0) is 22.5. The highest BCUT2D eigenvalue weighted by Crippen LogP contribution is 2.31. The summed E-state index contributed by atoms with van der Waals surface area (Å²) >= 11 is 0. The van der Waals surface area contributed by atoms with E-state index in [1.807, 2.05) is 0 Å². The monoisotopic (exact) mass is 425 g/mol. The third-order valence-corrected chi connectivity index (χ3v) is 4.37. The fourth-order valence-corrected chi connectivity index (χ4v) is 2.95. The van der Waals surface area contributed by atoms with Gasteiger partial charge < -0.3 is 9.57 Å². The molecular weight excluding hydrogens is 410 g/mol. The fourth-order valence-electron chi connectivity index (χ4n) is 2.95. The minimum Gasteiger partial charge on any atom is -0.466 e. The highest BCUT2D eigenvalue weighted by Gasteiger charge is 2.32. The first-order chi connectivity index (χ1) is 14.8. The van der Waals surface area contributed by atoms with Crippen molar-refractivity contribution < 1.29 is 29.0 Å². The van der Waals surface area contributed by atoms with Crippen molar-refractivity contribution in [1.82, 2.24) is 0 Å². The van der Waals surface area contributed by atoms with E-state index < -0.39 is 21.8 Å². The van der Waals surface area contributed by atoms with E-state index in [0.29, 0.717) is 11.1 Å². The van der Waals surface area contributed by atoms with Crippen LogP contribution in [-0.4, -0.2) is 34.1 Å². The number of esters is 1. The lowest BCUT2D eigenvalue weighted by Crippen LogP contribution is -2.14. The summed E-state index contributed by atoms with van der Waals surface area (Å²) in [6, 6.07) is 10.6. The molecule has 0 unspecified atom stereocenters. The van der Waals surface area contributed by atoms with Crippen molar-refractivity contribution in [3.63, 3.8) is 0 Å². The molecule has 0 amide bonds. The molecule has 0 atom stereocenters. The Hall–Kier alpha value is -4.41. The third kappa shape index (κ3) is 4.61. The number of carbonyl (C=O) groups excluding carboxylic acids is 2. The number of benzene rings is 2. The first kappa shape index (κ1) is 21.3. The van der Waals surface area contributed by atoms with Crippen LogP contribution in [0.1, 0.15) is 24.5 Å². The van der Waals surface area contributed by atoms with Gasteiger partial charge in [0.25, 0.3) is 11.4 Å². The molecule has 0 N–H and O–H groups in total. The van der Waals surface area contributed by atoms with Crippen molar-refractivity contribution in [2.45, 2.75) is 13.3 Å². The van der Waals surface area contributed by atoms with Crippen LogP contribution in [0.3, 0.4) is 0 Å². The molecule has 0 bridgehead atoms. The molecule has 2 aromatic rings. The molecule has 1 heterocycles. The Bertz CT molecular complexity index is 1120. The Morgan fingerprint density at radius 2 is 1.55 bits per heavy atom. The normalized spacial score (nSPS) is 14.5. The van der Waals surface area contributed by atoms with E-state index in [0.717, 1.165) is 0 Å². The molecule has 3 rings (SSSR count). The van der Waals surface area contributed by atoms with Gasteiger partial charge in [-0.05, 0) is 42.3 Å². The zero-order valence-electron chi connectivity index (χ0n) is 16.1. The van der Waals surface area contributed by atoms with Crippen LogP contribution in [0.5, 0.6) is 0 Å². The zero-order valence-corrected chi connectivity index (χ0v) is 16.1. The standard InChI is InChI=1S/C20H15N3O8/c1-2-30-17(24)11-16(12-3-7-14(8-4-12)22(26)27)18-19(21-31-20(18)25)13-5-9-15(10-6-13)23(28)29/h3-10H,2,11H2,1H3/b18-16-. The molecule has 1 aliphatic rings. The highest BCUT2D eigenvalue weighted by molar-refractivity contribution is 6.33. The second-order valence-electron chi connectivity index (χ2n) is 6.26. The Labute approximate surface area is 174 Å². The Morgan fingerprint density at radius 1 is 1.00 bits per heavy atom. The number of rotatable bonds is 7. The van der Waals surface area contributed by atoms with Gasteiger partial charge in [-0.25, -0.2) is 4.79 Å². The summed E-state index contributed by atoms with van der Waals surface area (Å²) in [7, 11) is 0. The SMILES string of the molecule is CCOC(=O)C/C(=C1/C(=O)ON=C1c1ccc([N+](=O)[O-])cc1)c1ccc([N+](=O)[O-])cc1. The van der Waals surface area contributed by atoms with Crippen molar-refractivity contribution >= 4 is 34.6 Å². The molecule has 0 aliphatic carbocycles. The van der Waals surface area contributed by atoms with E-state index in [2.05, 4.69) is 5.16 Å². The number of hydrogen-bond acceptors (Lipinski definition) is 9. The van der Waals surface area contributed by atoms with Crippen LogP contribution < -0.4 is 0 Å². The summed E-state index contributed by atoms with van der Waals surface area (Å²) < 4.78 is 4.99. The summed E-state index contributed by atoms with van der Waals surface area (Å²) in [6.45, 7) is 1.75. The number of non-ortho nitro benzene ring substituents is 2. The molecular formula is C20H15N3O8. The van der Waals surface area contributed by atoms with Crippen LogP contribution >= 0.6 is 0 Å². The van der Waals surface area contributed by atoms with Gasteiger partial charge in [0.2, 0.25) is 0 Å². The number of oxime groups is 1. The molecule has 158 valence electrons. The Balaban J connectivity index is 2.12. The van der Waals surface area contributed by atoms with Crippen LogP contribution in [-0.2, 0) is 19.2 Å². The summed E-state index contributed by atoms with van der Waals surface area (Å²) in [5.41, 5.74) is 0.655. The second-order valence-corrected chi connectivity index (χ2v) is 6.26. The lowest BCUT2D eigenvalue weighted by Gasteiger charge is -2.11. The number of nitro groups is 2. The molecule has 0 fully saturated rings. The number of nitro benzene ring substituents is 2. The molecule has 31 heavy (non-hydrogen) atoms. The predicted octanol–water partition coefficient (Wildman–Crippen LogP) is 3.17. The average Bonchev–Trinajstić information content (AvgIpc) is 3.13. The largest absolute Gasteiger partial charge is 0.466 e. The molecule has 11 nitrogen and oxygen atoms in total. The van der Waals surface area contributed by atoms with E-state index in [4.69, 9.17) is 9.57 Å². The lowest BCUT2D eigenvalue weighted by molar-refractivity contribution is -0.385. The molecule has 2 aromatic carbocycles. The second kappa shape index (κ2) is 8.95. The third-order valence-electron chi connectivity index (χ3n) is 4.37. The van der Waals surface area contributed by atoms with Gasteiger partial charge in [0.15, 0.2) is 0 Å². The van der Waals surface area contributed by atoms with Gasteiger partial charge >= 0.3 is 11.9 Å². The average molecular weight is 425 g/mol. The summed E-state index contributed by atoms with van der Waals surface area (Å²) in [6.07, 6.45) is -0.317. The molecule has 0 saturated carbocycles. The van der Waals surface area contributed by atoms with Gasteiger partial charge in [-0.2, -0.15) is 0 Å². The topological polar surface area (TPSA) is 151 Å². The molecule has 0 spiro atoms. The lowest BCUT2D eigenvalue weighted by atomic mass is 9.91. The molecule has 0 aromatic heterocycles. The van der Waals surface area contributed by atoms with Gasteiger partial charge in [0, 0.05) is 29.8 Å². The van der Waals surface area contributed by atoms with E-state index in [1.165, 1.54) is 48.5 Å². The van der Waals surface area contributed by atoms with Crippen LogP contribution in [0.25, 0.3) is 5.57 Å². The minimum atomic E-state index is -0.828. The first-order valence-electron chi connectivity index (χ1n) is 9.00. The maximum absolute atomic E-state index is 12.5. The van der Waals surface area contributed by atoms with Crippen LogP contribution in [0.2, 0.25) is 0 Å². The number of hydrogen-bond donors (Lipinski definition) is 0. The van der Waals surface area contributed by atoms with E-state index in [-0.39, 0.29) is 41.3 Å². The van der Waals surface area contributed by atoms with Crippen LogP contribution in [0.15, 0.2) is 59.3 Å². The summed E-state index contributed by atoms with van der Waals surface area (Å²) in [4.78, 5) is 50.2. The fraction of sp³-hybridized carbons (Fsp3) is 0.150. The van der Waals surface area contributed by atoms with E-state index in [9.17, 15) is 29.8 Å². The van der Waals surface area contributed by atoms with Crippen molar-refractivity contribution in [2.75, 3.05) is 6.61 Å². The highest BCUT2D eigenvalue weighted by atomic mass is 16.7. The van der Waals surface area contributed by atoms with Crippen LogP contribution in [0.4, 0.5) is 11.4 Å². The molecule has 11 heteroatoms. The maximum Gasteiger partial charge on any atom is 0.368 e. The van der Waals surface area contributed by atoms with Crippen molar-refractivity contribution in [3.05, 3.63) is 85.5 Å². The number of carbonyl (C=O) groups is 2. The molecule has 0 radical (unpaired) electrons. The Kier molecular flexibility index (Phi) is 6.15. The number of nitrogens with zero attached hydrogens (tertiary/aromatic N) is 3. The number of ether oxygens (including phenoxy) is 1. The summed E-state index contributed by atoms with van der Waals surface area (Å²) in [5.74, 6) is -1.45. The predicted molar refractivity (Wildman–Crippen MR) is 107 cm³/mol. The first-order valence-corrected chi connectivity index (χ1v) is 9.00. The van der Waals surface area contributed by atoms with Gasteiger partial charge in [-0.3, -0.25) is 25.0 Å². The van der Waals surface area contributed by atoms with Crippen LogP contribution in [0, 0.1) is 20.2 Å². The Morgan fingerprint density at radius 3 is 2.06 bits per heavy atom. The molecule has 1 aliphatic heterocycles. The van der Waals surface area contributed by atoms with Gasteiger partial charge in [0.1, 0.15) is 5.71 Å². The van der Waals surface area contributed by atoms with Crippen molar-refractivity contribution in [3.8, 4) is 0 Å². The smallest absolute Gasteiger partial charge is 0.368 e. The quantitative estimate of drug-likeness (QED) is 0.216. The summed E-state index contributed by atoms with van der Waals surface area (Å²) in [5, 5.41) is 25.6. The van der Waals surface area contributed by atoms with E-state index in [1.54, 1.807) is 6.92 Å². The van der Waals surface area contributed by atoms with Gasteiger partial charge in [-0.1, -0.05) is 5.16 Å². The minimum absolute atomic E-state index is 0.0317. The maximum atomic E-state index is 12.5. The van der Waals surface area contributed by atoms with E-state index >= 15 is 0 Å². The van der Waals surface area contributed by atoms with Crippen molar-refractivity contribution in [1.29, 1.82) is 0 Å². The van der Waals surface area contributed by atoms with Crippen molar-refractivity contribution in [2.24, 2.45) is 5.16 Å². The van der Waals surface area contributed by atoms with Gasteiger partial charge in [0.05, 0.1) is 28.4 Å². The molecule has 0 saturated heterocycles.